The lowest BCUT2D eigenvalue weighted by molar-refractivity contribution is 0.0127. The minimum atomic E-state index is -0.622. The summed E-state index contributed by atoms with van der Waals surface area (Å²) in [4.78, 5) is 0. The Balaban J connectivity index is 1.75. The fourth-order valence-electron chi connectivity index (χ4n) is 6.93. The Morgan fingerprint density at radius 3 is 2.28 bits per heavy atom. The molecule has 3 fully saturated rings. The molecule has 0 radical (unpaired) electrons. The molecule has 0 aromatic heterocycles. The van der Waals surface area contributed by atoms with Crippen LogP contribution in [0.15, 0.2) is 35.5 Å². The third kappa shape index (κ3) is 5.42. The van der Waals surface area contributed by atoms with Gasteiger partial charge in [0.1, 0.15) is 0 Å². The maximum absolute atomic E-state index is 10.3. The van der Waals surface area contributed by atoms with Crippen LogP contribution in [-0.2, 0) is 0 Å². The predicted molar refractivity (Wildman–Crippen MR) is 133 cm³/mol. The van der Waals surface area contributed by atoms with E-state index in [4.69, 9.17) is 0 Å². The zero-order chi connectivity index (χ0) is 23.9. The lowest BCUT2D eigenvalue weighted by Gasteiger charge is -2.48. The Morgan fingerprint density at radius 1 is 1.06 bits per heavy atom. The molecule has 3 saturated carbocycles. The van der Waals surface area contributed by atoms with E-state index in [2.05, 4.69) is 46.4 Å². The second kappa shape index (κ2) is 9.39. The van der Waals surface area contributed by atoms with Crippen LogP contribution in [0, 0.1) is 28.6 Å². The van der Waals surface area contributed by atoms with Gasteiger partial charge >= 0.3 is 0 Å². The molecule has 3 heteroatoms. The van der Waals surface area contributed by atoms with Crippen molar-refractivity contribution in [2.45, 2.75) is 117 Å². The van der Waals surface area contributed by atoms with Crippen LogP contribution in [0.2, 0.25) is 0 Å². The van der Waals surface area contributed by atoms with Crippen LogP contribution < -0.4 is 0 Å². The van der Waals surface area contributed by atoms with E-state index in [1.165, 1.54) is 32.1 Å². The van der Waals surface area contributed by atoms with E-state index in [9.17, 15) is 15.3 Å². The highest BCUT2D eigenvalue weighted by Crippen LogP contribution is 2.61. The highest BCUT2D eigenvalue weighted by atomic mass is 16.3. The molecule has 182 valence electrons. The Hall–Kier alpha value is -0.900. The molecule has 32 heavy (non-hydrogen) atoms. The third-order valence-corrected chi connectivity index (χ3v) is 9.56. The molecule has 0 aromatic rings. The zero-order valence-electron chi connectivity index (χ0n) is 21.5. The number of hydrogen-bond donors (Lipinski definition) is 3. The van der Waals surface area contributed by atoms with Gasteiger partial charge in [-0.05, 0) is 106 Å². The molecule has 2 unspecified atom stereocenters. The van der Waals surface area contributed by atoms with Gasteiger partial charge in [0.05, 0.1) is 17.8 Å². The summed E-state index contributed by atoms with van der Waals surface area (Å²) in [5, 5.41) is 30.6. The van der Waals surface area contributed by atoms with Crippen molar-refractivity contribution < 1.29 is 15.3 Å². The van der Waals surface area contributed by atoms with Crippen LogP contribution in [0.1, 0.15) is 99.3 Å². The maximum atomic E-state index is 10.3. The van der Waals surface area contributed by atoms with Gasteiger partial charge < -0.3 is 15.3 Å². The molecule has 0 aliphatic heterocycles. The van der Waals surface area contributed by atoms with Crippen molar-refractivity contribution in [3.8, 4) is 0 Å². The van der Waals surface area contributed by atoms with Gasteiger partial charge in [0.2, 0.25) is 0 Å². The van der Waals surface area contributed by atoms with Crippen LogP contribution in [0.3, 0.4) is 0 Å². The van der Waals surface area contributed by atoms with Gasteiger partial charge in [-0.1, -0.05) is 57.6 Å². The molecular weight excluding hydrogens is 396 g/mol. The standard InChI is InChI=1S/C29H48O3/c1-19-25(30)17-21(18-26(19)31)10-11-22-9-8-14-29(7)23(12-13-24(22)29)20(2)27(3,4)15-16-28(5,6)32/h10-11,20,23-26,30-32H,1,8-9,12-18H2,2-7H3/t20-,23?,24?,25+,26+,29+/m0/s1. The first-order valence-electron chi connectivity index (χ1n) is 12.9. The van der Waals surface area contributed by atoms with E-state index < -0.39 is 17.8 Å². The lowest BCUT2D eigenvalue weighted by atomic mass is 9.57. The van der Waals surface area contributed by atoms with Crippen molar-refractivity contribution in [3.63, 3.8) is 0 Å². The second-order valence-electron chi connectivity index (χ2n) is 12.8. The van der Waals surface area contributed by atoms with Crippen LogP contribution in [0.4, 0.5) is 0 Å². The summed E-state index contributed by atoms with van der Waals surface area (Å²) in [6.45, 7) is 17.5. The van der Waals surface area contributed by atoms with Crippen molar-refractivity contribution in [3.05, 3.63) is 35.5 Å². The number of rotatable bonds is 6. The second-order valence-corrected chi connectivity index (χ2v) is 12.8. The molecule has 0 spiro atoms. The highest BCUT2D eigenvalue weighted by molar-refractivity contribution is 5.29. The smallest absolute Gasteiger partial charge is 0.0809 e. The lowest BCUT2D eigenvalue weighted by Crippen LogP contribution is -2.40. The first kappa shape index (κ1) is 25.7. The Labute approximate surface area is 196 Å². The molecular formula is C29H48O3. The average Bonchev–Trinajstić information content (AvgIpc) is 3.05. The molecule has 0 amide bonds. The SMILES string of the molecule is C=C1[C@H](O)CC(=CC=C2CCC[C@@]3(C)C2CCC3[C@H](C)C(C)(C)CCC(C)(C)O)C[C@H]1O. The van der Waals surface area contributed by atoms with Crippen molar-refractivity contribution in [2.24, 2.45) is 28.6 Å². The topological polar surface area (TPSA) is 60.7 Å². The third-order valence-electron chi connectivity index (χ3n) is 9.56. The number of allylic oxidation sites excluding steroid dienone is 3. The molecule has 3 aliphatic carbocycles. The molecule has 3 rings (SSSR count). The van der Waals surface area contributed by atoms with Crippen molar-refractivity contribution in [1.29, 1.82) is 0 Å². The van der Waals surface area contributed by atoms with E-state index >= 15 is 0 Å². The summed E-state index contributed by atoms with van der Waals surface area (Å²) in [6, 6.07) is 0. The average molecular weight is 445 g/mol. The van der Waals surface area contributed by atoms with Gasteiger partial charge in [0, 0.05) is 0 Å². The van der Waals surface area contributed by atoms with Crippen molar-refractivity contribution in [1.82, 2.24) is 0 Å². The van der Waals surface area contributed by atoms with Gasteiger partial charge in [0.25, 0.3) is 0 Å². The molecule has 6 atom stereocenters. The number of hydrogen-bond acceptors (Lipinski definition) is 3. The molecule has 0 bridgehead atoms. The summed E-state index contributed by atoms with van der Waals surface area (Å²) in [6.07, 6.45) is 12.6. The van der Waals surface area contributed by atoms with Gasteiger partial charge in [0.15, 0.2) is 0 Å². The number of fused-ring (bicyclic) bond motifs is 1. The van der Waals surface area contributed by atoms with E-state index in [0.717, 1.165) is 18.4 Å². The zero-order valence-corrected chi connectivity index (χ0v) is 21.5. The fourth-order valence-corrected chi connectivity index (χ4v) is 6.93. The highest BCUT2D eigenvalue weighted by Gasteiger charge is 2.52. The van der Waals surface area contributed by atoms with Gasteiger partial charge in [-0.2, -0.15) is 0 Å². The maximum Gasteiger partial charge on any atom is 0.0809 e. The van der Waals surface area contributed by atoms with E-state index in [0.29, 0.717) is 41.6 Å². The number of aliphatic hydroxyl groups excluding tert-OH is 2. The van der Waals surface area contributed by atoms with Crippen LogP contribution in [0.5, 0.6) is 0 Å². The molecule has 3 N–H and O–H groups in total. The molecule has 3 nitrogen and oxygen atoms in total. The molecule has 3 aliphatic rings. The first-order chi connectivity index (χ1) is 14.7. The normalized spacial score (nSPS) is 36.3. The predicted octanol–water partition coefficient (Wildman–Crippen LogP) is 6.34. The summed E-state index contributed by atoms with van der Waals surface area (Å²) in [5.74, 6) is 1.97. The Bertz CT molecular complexity index is 737. The summed E-state index contributed by atoms with van der Waals surface area (Å²) in [7, 11) is 0. The van der Waals surface area contributed by atoms with Gasteiger partial charge in [-0.3, -0.25) is 0 Å². The van der Waals surface area contributed by atoms with E-state index in [1.807, 2.05) is 13.8 Å². The fraction of sp³-hybridized carbons (Fsp3) is 0.793. The monoisotopic (exact) mass is 444 g/mol. The minimum absolute atomic E-state index is 0.211. The van der Waals surface area contributed by atoms with Gasteiger partial charge in [-0.15, -0.1) is 0 Å². The quantitative estimate of drug-likeness (QED) is 0.419. The summed E-state index contributed by atoms with van der Waals surface area (Å²) in [5.41, 5.74) is 3.22. The summed E-state index contributed by atoms with van der Waals surface area (Å²) >= 11 is 0. The Morgan fingerprint density at radius 2 is 1.69 bits per heavy atom. The van der Waals surface area contributed by atoms with E-state index in [1.54, 1.807) is 5.57 Å². The minimum Gasteiger partial charge on any atom is -0.390 e. The number of aliphatic hydroxyl groups is 3. The molecule has 0 saturated heterocycles. The van der Waals surface area contributed by atoms with Crippen molar-refractivity contribution in [2.75, 3.05) is 0 Å². The van der Waals surface area contributed by atoms with Crippen LogP contribution in [0.25, 0.3) is 0 Å². The molecule has 0 aromatic carbocycles. The van der Waals surface area contributed by atoms with Crippen LogP contribution in [-0.4, -0.2) is 33.1 Å². The van der Waals surface area contributed by atoms with Crippen molar-refractivity contribution >= 4 is 0 Å². The largest absolute Gasteiger partial charge is 0.390 e. The van der Waals surface area contributed by atoms with E-state index in [-0.39, 0.29) is 5.41 Å². The van der Waals surface area contributed by atoms with Gasteiger partial charge in [-0.25, -0.2) is 0 Å². The Kier molecular flexibility index (Phi) is 7.55. The molecule has 0 heterocycles. The first-order valence-corrected chi connectivity index (χ1v) is 12.9. The summed E-state index contributed by atoms with van der Waals surface area (Å²) < 4.78 is 0. The van der Waals surface area contributed by atoms with Crippen LogP contribution >= 0.6 is 0 Å².